The number of nitrogens with zero attached hydrogens (tertiary/aromatic N) is 2. The SMILES string of the molecule is O=C(C[n+]1cc2ccccc2cn1)Nc1ccccc1Cl.[I-]. The van der Waals surface area contributed by atoms with Crippen LogP contribution in [-0.4, -0.2) is 11.0 Å². The number of fused-ring (bicyclic) bond motifs is 1. The van der Waals surface area contributed by atoms with Gasteiger partial charge in [0.15, 0.2) is 0 Å². The van der Waals surface area contributed by atoms with Gasteiger partial charge in [0.1, 0.15) is 6.20 Å². The number of hydrogen-bond acceptors (Lipinski definition) is 2. The second-order valence-electron chi connectivity index (χ2n) is 4.63. The first-order valence-corrected chi connectivity index (χ1v) is 6.89. The number of benzene rings is 2. The molecule has 0 fully saturated rings. The van der Waals surface area contributed by atoms with Crippen LogP contribution < -0.4 is 34.0 Å². The molecule has 0 unspecified atom stereocenters. The van der Waals surface area contributed by atoms with E-state index in [0.717, 1.165) is 10.8 Å². The zero-order chi connectivity index (χ0) is 14.7. The van der Waals surface area contributed by atoms with Crippen LogP contribution in [0.3, 0.4) is 0 Å². The first kappa shape index (κ1) is 16.6. The quantitative estimate of drug-likeness (QED) is 0.467. The Bertz CT molecular complexity index is 810. The molecule has 0 atom stereocenters. The van der Waals surface area contributed by atoms with Crippen molar-refractivity contribution in [3.8, 4) is 0 Å². The molecule has 0 saturated heterocycles. The minimum Gasteiger partial charge on any atom is -1.00 e. The number of anilines is 1. The molecule has 0 saturated carbocycles. The summed E-state index contributed by atoms with van der Waals surface area (Å²) in [7, 11) is 0. The largest absolute Gasteiger partial charge is 1.00 e. The molecule has 0 bridgehead atoms. The van der Waals surface area contributed by atoms with Crippen LogP contribution in [0.15, 0.2) is 60.9 Å². The van der Waals surface area contributed by atoms with Crippen molar-refractivity contribution >= 4 is 34.0 Å². The molecule has 0 aliphatic heterocycles. The van der Waals surface area contributed by atoms with Gasteiger partial charge in [0.2, 0.25) is 6.20 Å². The lowest BCUT2D eigenvalue weighted by Gasteiger charge is -2.04. The molecule has 1 amide bonds. The summed E-state index contributed by atoms with van der Waals surface area (Å²) in [6.07, 6.45) is 3.60. The topological polar surface area (TPSA) is 45.9 Å². The van der Waals surface area contributed by atoms with Crippen LogP contribution in [0.4, 0.5) is 5.69 Å². The fraction of sp³-hybridized carbons (Fsp3) is 0.0625. The fourth-order valence-electron chi connectivity index (χ4n) is 2.06. The Balaban J connectivity index is 0.00000176. The highest BCUT2D eigenvalue weighted by atomic mass is 127. The molecule has 1 aromatic heterocycles. The van der Waals surface area contributed by atoms with E-state index in [4.69, 9.17) is 11.6 Å². The summed E-state index contributed by atoms with van der Waals surface area (Å²) < 4.78 is 1.61. The molecule has 6 heteroatoms. The summed E-state index contributed by atoms with van der Waals surface area (Å²) in [4.78, 5) is 12.0. The predicted octanol–water partition coefficient (Wildman–Crippen LogP) is -0.182. The average molecular weight is 426 g/mol. The second kappa shape index (κ2) is 7.51. The van der Waals surface area contributed by atoms with E-state index in [1.165, 1.54) is 0 Å². The summed E-state index contributed by atoms with van der Waals surface area (Å²) in [6.45, 7) is 0.135. The summed E-state index contributed by atoms with van der Waals surface area (Å²) >= 11 is 6.01. The maximum absolute atomic E-state index is 12.0. The number of aromatic nitrogens is 2. The van der Waals surface area contributed by atoms with Gasteiger partial charge in [-0.25, -0.2) is 0 Å². The van der Waals surface area contributed by atoms with Crippen LogP contribution in [0.1, 0.15) is 0 Å². The number of hydrogen-bond donors (Lipinski definition) is 1. The number of halogens is 2. The highest BCUT2D eigenvalue weighted by Crippen LogP contribution is 2.20. The number of carbonyl (C=O) groups excluding carboxylic acids is 1. The van der Waals surface area contributed by atoms with Crippen LogP contribution in [0, 0.1) is 0 Å². The normalized spacial score (nSPS) is 10.0. The van der Waals surface area contributed by atoms with Gasteiger partial charge in [-0.2, -0.15) is 0 Å². The number of nitrogens with one attached hydrogen (secondary N) is 1. The molecule has 1 heterocycles. The zero-order valence-electron chi connectivity index (χ0n) is 11.5. The minimum atomic E-state index is -0.170. The van der Waals surface area contributed by atoms with Gasteiger partial charge < -0.3 is 29.3 Å². The van der Waals surface area contributed by atoms with Crippen molar-refractivity contribution in [2.45, 2.75) is 6.54 Å². The Morgan fingerprint density at radius 1 is 1.09 bits per heavy atom. The van der Waals surface area contributed by atoms with E-state index < -0.39 is 0 Å². The molecule has 112 valence electrons. The number of carbonyl (C=O) groups is 1. The van der Waals surface area contributed by atoms with Crippen LogP contribution >= 0.6 is 11.6 Å². The van der Waals surface area contributed by atoms with Crippen molar-refractivity contribution in [1.29, 1.82) is 0 Å². The lowest BCUT2D eigenvalue weighted by Crippen LogP contribution is -3.00. The Hall–Kier alpha value is -1.73. The van der Waals surface area contributed by atoms with Gasteiger partial charge in [0, 0.05) is 10.8 Å². The smallest absolute Gasteiger partial charge is 0.292 e. The standard InChI is InChI=1S/C16H12ClN3O.HI/c17-14-7-3-4-8-15(14)19-16(21)11-20-10-13-6-2-1-5-12(13)9-18-20;/h1-10H,11H2;1H. The molecule has 3 aromatic rings. The zero-order valence-corrected chi connectivity index (χ0v) is 14.5. The summed E-state index contributed by atoms with van der Waals surface area (Å²) in [5.74, 6) is -0.170. The van der Waals surface area contributed by atoms with E-state index in [1.807, 2.05) is 42.6 Å². The van der Waals surface area contributed by atoms with Gasteiger partial charge in [-0.3, -0.25) is 4.79 Å². The minimum absolute atomic E-state index is 0. The Morgan fingerprint density at radius 3 is 2.55 bits per heavy atom. The van der Waals surface area contributed by atoms with Crippen molar-refractivity contribution in [2.75, 3.05) is 5.32 Å². The molecule has 0 aliphatic rings. The van der Waals surface area contributed by atoms with Crippen molar-refractivity contribution < 1.29 is 33.5 Å². The van der Waals surface area contributed by atoms with Gasteiger partial charge in [-0.05, 0) is 23.3 Å². The predicted molar refractivity (Wildman–Crippen MR) is 82.0 cm³/mol. The Morgan fingerprint density at radius 2 is 1.77 bits per heavy atom. The number of amides is 1. The lowest BCUT2D eigenvalue weighted by molar-refractivity contribution is -0.740. The number of rotatable bonds is 3. The molecule has 2 aromatic carbocycles. The summed E-state index contributed by atoms with van der Waals surface area (Å²) in [5, 5.41) is 9.61. The molecular formula is C16H13ClIN3O. The van der Waals surface area contributed by atoms with E-state index >= 15 is 0 Å². The highest BCUT2D eigenvalue weighted by molar-refractivity contribution is 6.33. The van der Waals surface area contributed by atoms with Crippen LogP contribution in [-0.2, 0) is 11.3 Å². The third kappa shape index (κ3) is 3.92. The summed E-state index contributed by atoms with van der Waals surface area (Å²) in [6, 6.07) is 15.0. The monoisotopic (exact) mass is 425 g/mol. The van der Waals surface area contributed by atoms with Crippen LogP contribution in [0.5, 0.6) is 0 Å². The van der Waals surface area contributed by atoms with E-state index in [9.17, 15) is 4.79 Å². The first-order valence-electron chi connectivity index (χ1n) is 6.51. The van der Waals surface area contributed by atoms with E-state index in [2.05, 4.69) is 10.4 Å². The van der Waals surface area contributed by atoms with Crippen LogP contribution in [0.25, 0.3) is 10.8 Å². The van der Waals surface area contributed by atoms with Crippen molar-refractivity contribution in [2.24, 2.45) is 0 Å². The Kier molecular flexibility index (Phi) is 5.68. The molecule has 3 rings (SSSR count). The van der Waals surface area contributed by atoms with E-state index in [0.29, 0.717) is 10.7 Å². The van der Waals surface area contributed by atoms with E-state index in [-0.39, 0.29) is 36.4 Å². The van der Waals surface area contributed by atoms with Crippen molar-refractivity contribution in [3.05, 3.63) is 65.9 Å². The Labute approximate surface area is 150 Å². The van der Waals surface area contributed by atoms with Gasteiger partial charge in [0.05, 0.1) is 10.7 Å². The number of para-hydroxylation sites is 1. The lowest BCUT2D eigenvalue weighted by atomic mass is 10.2. The first-order chi connectivity index (χ1) is 10.2. The van der Waals surface area contributed by atoms with Crippen LogP contribution in [0.2, 0.25) is 5.02 Å². The van der Waals surface area contributed by atoms with Crippen molar-refractivity contribution in [3.63, 3.8) is 0 Å². The maximum Gasteiger partial charge on any atom is 0.292 e. The van der Waals surface area contributed by atoms with Gasteiger partial charge in [-0.15, -0.1) is 0 Å². The van der Waals surface area contributed by atoms with Gasteiger partial charge in [0.25, 0.3) is 12.5 Å². The van der Waals surface area contributed by atoms with Gasteiger partial charge >= 0.3 is 0 Å². The molecule has 4 nitrogen and oxygen atoms in total. The molecule has 0 spiro atoms. The maximum atomic E-state index is 12.0. The summed E-state index contributed by atoms with van der Waals surface area (Å²) in [5.41, 5.74) is 0.602. The molecule has 22 heavy (non-hydrogen) atoms. The molecule has 0 radical (unpaired) electrons. The van der Waals surface area contributed by atoms with E-state index in [1.54, 1.807) is 23.0 Å². The third-order valence-electron chi connectivity index (χ3n) is 3.08. The molecule has 1 N–H and O–H groups in total. The van der Waals surface area contributed by atoms with Gasteiger partial charge in [-0.1, -0.05) is 46.6 Å². The molecule has 0 aliphatic carbocycles. The highest BCUT2D eigenvalue weighted by Gasteiger charge is 2.13. The second-order valence-corrected chi connectivity index (χ2v) is 5.04. The molecular weight excluding hydrogens is 413 g/mol. The van der Waals surface area contributed by atoms with Crippen molar-refractivity contribution in [1.82, 2.24) is 5.10 Å². The average Bonchev–Trinajstić information content (AvgIpc) is 2.49. The third-order valence-corrected chi connectivity index (χ3v) is 3.41. The fourth-order valence-corrected chi connectivity index (χ4v) is 2.25.